The highest BCUT2D eigenvalue weighted by Crippen LogP contribution is 2.51. The Labute approximate surface area is 273 Å². The molecule has 5 rings (SSSR count). The highest BCUT2D eigenvalue weighted by atomic mass is 32.1. The zero-order chi connectivity index (χ0) is 32.7. The molecule has 0 spiro atoms. The van der Waals surface area contributed by atoms with Crippen LogP contribution in [0, 0.1) is 30.6 Å². The van der Waals surface area contributed by atoms with Gasteiger partial charge < -0.3 is 16.0 Å². The second kappa shape index (κ2) is 12.8. The number of thiophene rings is 1. The summed E-state index contributed by atoms with van der Waals surface area (Å²) >= 11 is 1.76. The number of anilines is 2. The maximum Gasteiger partial charge on any atom is 0.236 e. The zero-order valence-corrected chi connectivity index (χ0v) is 29.0. The van der Waals surface area contributed by atoms with Crippen LogP contribution in [0.1, 0.15) is 72.5 Å². The SMILES string of the molecule is CCNc1ccc([C@H](c2cc(CN3CC(=O)N(C)CC(C)(C)C3)c(C)s2)C(C)(C)C(=O)[C]2C=C2Cc2ccccc2)c(C)c1N. The van der Waals surface area contributed by atoms with E-state index in [0.717, 1.165) is 64.9 Å². The molecule has 0 unspecified atom stereocenters. The number of allylic oxidation sites excluding steroid dienone is 2. The van der Waals surface area contributed by atoms with E-state index in [1.165, 1.54) is 16.0 Å². The Bertz CT molecular complexity index is 1600. The summed E-state index contributed by atoms with van der Waals surface area (Å²) in [4.78, 5) is 33.8. The average molecular weight is 626 g/mol. The number of aryl methyl sites for hydroxylation is 1. The third-order valence-corrected chi connectivity index (χ3v) is 10.6. The Morgan fingerprint density at radius 1 is 1.11 bits per heavy atom. The van der Waals surface area contributed by atoms with Crippen LogP contribution in [-0.2, 0) is 22.6 Å². The second-order valence-electron chi connectivity index (χ2n) is 14.3. The fourth-order valence-corrected chi connectivity index (χ4v) is 8.39. The van der Waals surface area contributed by atoms with E-state index in [1.54, 1.807) is 11.3 Å². The molecule has 3 N–H and O–H groups in total. The van der Waals surface area contributed by atoms with Gasteiger partial charge >= 0.3 is 0 Å². The van der Waals surface area contributed by atoms with Crippen LogP contribution in [0.3, 0.4) is 0 Å². The van der Waals surface area contributed by atoms with Crippen LogP contribution in [0.5, 0.6) is 0 Å². The van der Waals surface area contributed by atoms with Crippen molar-refractivity contribution >= 4 is 34.4 Å². The molecule has 2 heterocycles. The molecular weight excluding hydrogens is 577 g/mol. The topological polar surface area (TPSA) is 78.7 Å². The molecule has 1 saturated heterocycles. The summed E-state index contributed by atoms with van der Waals surface area (Å²) < 4.78 is 0. The van der Waals surface area contributed by atoms with Gasteiger partial charge in [0.25, 0.3) is 0 Å². The van der Waals surface area contributed by atoms with Crippen molar-refractivity contribution in [2.75, 3.05) is 44.3 Å². The third-order valence-electron chi connectivity index (χ3n) is 9.42. The summed E-state index contributed by atoms with van der Waals surface area (Å²) in [6.45, 7) is 18.4. The molecule has 1 radical (unpaired) electrons. The van der Waals surface area contributed by atoms with Gasteiger partial charge in [0.05, 0.1) is 23.8 Å². The van der Waals surface area contributed by atoms with E-state index < -0.39 is 5.41 Å². The van der Waals surface area contributed by atoms with Gasteiger partial charge in [-0.2, -0.15) is 0 Å². The number of amides is 1. The number of rotatable bonds is 11. The first-order chi connectivity index (χ1) is 21.2. The number of nitrogens with two attached hydrogens (primary N) is 1. The van der Waals surface area contributed by atoms with Crippen molar-refractivity contribution in [1.82, 2.24) is 9.80 Å². The lowest BCUT2D eigenvalue weighted by molar-refractivity contribution is -0.130. The average Bonchev–Trinajstić information content (AvgIpc) is 3.66. The van der Waals surface area contributed by atoms with E-state index in [4.69, 9.17) is 5.73 Å². The standard InChI is InChI=1S/C38H49N4O2S/c1-9-40-31-16-15-29(24(2)35(31)39)34(38(6,7)36(44)30-18-27(30)17-26-13-11-10-12-14-26)32-19-28(25(3)45-32)20-42-21-33(43)41(8)22-37(4,5)23-42/h10-16,18-19,34,40H,9,17,20-23,39H2,1-8H3/t34-/m1/s1. The predicted octanol–water partition coefficient (Wildman–Crippen LogP) is 7.16. The van der Waals surface area contributed by atoms with Crippen LogP contribution in [0.4, 0.5) is 11.4 Å². The summed E-state index contributed by atoms with van der Waals surface area (Å²) in [5.74, 6) is 0.994. The fourth-order valence-electron chi connectivity index (χ4n) is 7.04. The number of benzene rings is 2. The number of hydrogen-bond donors (Lipinski definition) is 2. The highest BCUT2D eigenvalue weighted by Gasteiger charge is 2.47. The van der Waals surface area contributed by atoms with Crippen LogP contribution >= 0.6 is 11.3 Å². The van der Waals surface area contributed by atoms with E-state index in [1.807, 2.05) is 30.1 Å². The molecular formula is C38H49N4O2S. The minimum absolute atomic E-state index is 0.000530. The first kappa shape index (κ1) is 33.0. The molecule has 1 fully saturated rings. The van der Waals surface area contributed by atoms with Gasteiger partial charge in [0.15, 0.2) is 5.78 Å². The lowest BCUT2D eigenvalue weighted by Gasteiger charge is -2.35. The van der Waals surface area contributed by atoms with Gasteiger partial charge in [-0.1, -0.05) is 70.2 Å². The number of carbonyl (C=O) groups is 2. The van der Waals surface area contributed by atoms with Gasteiger partial charge in [0, 0.05) is 54.3 Å². The van der Waals surface area contributed by atoms with Gasteiger partial charge in [0.2, 0.25) is 5.91 Å². The largest absolute Gasteiger partial charge is 0.397 e. The normalized spacial score (nSPS) is 18.0. The Morgan fingerprint density at radius 3 is 2.51 bits per heavy atom. The van der Waals surface area contributed by atoms with E-state index >= 15 is 0 Å². The van der Waals surface area contributed by atoms with E-state index in [0.29, 0.717) is 13.1 Å². The molecule has 7 heteroatoms. The smallest absolute Gasteiger partial charge is 0.236 e. The molecule has 6 nitrogen and oxygen atoms in total. The number of Topliss-reactive ketones (excluding diaryl/α,β-unsaturated/α-hetero) is 1. The summed E-state index contributed by atoms with van der Waals surface area (Å²) in [5.41, 5.74) is 13.3. The Kier molecular flexibility index (Phi) is 9.35. The molecule has 0 saturated carbocycles. The first-order valence-corrected chi connectivity index (χ1v) is 16.9. The fraction of sp³-hybridized carbons (Fsp3) is 0.447. The minimum Gasteiger partial charge on any atom is -0.397 e. The summed E-state index contributed by atoms with van der Waals surface area (Å²) in [7, 11) is 1.90. The third kappa shape index (κ3) is 7.05. The van der Waals surface area contributed by atoms with Crippen molar-refractivity contribution < 1.29 is 9.59 Å². The van der Waals surface area contributed by atoms with Crippen LogP contribution in [0.15, 0.2) is 60.2 Å². The lowest BCUT2D eigenvalue weighted by Crippen LogP contribution is -2.35. The lowest BCUT2D eigenvalue weighted by atomic mass is 9.68. The molecule has 3 aromatic rings. The number of ketones is 1. The molecule has 45 heavy (non-hydrogen) atoms. The van der Waals surface area contributed by atoms with E-state index in [-0.39, 0.29) is 23.0 Å². The molecule has 239 valence electrons. The Balaban J connectivity index is 1.49. The van der Waals surface area contributed by atoms with Crippen LogP contribution < -0.4 is 11.1 Å². The Hall–Kier alpha value is -3.42. The van der Waals surface area contributed by atoms with Crippen LogP contribution in [0.25, 0.3) is 0 Å². The van der Waals surface area contributed by atoms with Crippen LogP contribution in [-0.4, -0.2) is 54.7 Å². The van der Waals surface area contributed by atoms with Crippen molar-refractivity contribution in [3.63, 3.8) is 0 Å². The van der Waals surface area contributed by atoms with Crippen LogP contribution in [0.2, 0.25) is 0 Å². The monoisotopic (exact) mass is 625 g/mol. The molecule has 1 amide bonds. The minimum atomic E-state index is -0.723. The van der Waals surface area contributed by atoms with Gasteiger partial charge in [-0.05, 0) is 72.6 Å². The zero-order valence-electron chi connectivity index (χ0n) is 28.2. The molecule has 1 aliphatic heterocycles. The molecule has 1 aliphatic carbocycles. The molecule has 2 aliphatic rings. The van der Waals surface area contributed by atoms with Gasteiger partial charge in [-0.15, -0.1) is 11.3 Å². The molecule has 2 aromatic carbocycles. The van der Waals surface area contributed by atoms with Gasteiger partial charge in [0.1, 0.15) is 0 Å². The Morgan fingerprint density at radius 2 is 1.82 bits per heavy atom. The van der Waals surface area contributed by atoms with Crippen molar-refractivity contribution in [2.45, 2.75) is 67.3 Å². The van der Waals surface area contributed by atoms with Crippen molar-refractivity contribution in [2.24, 2.45) is 10.8 Å². The second-order valence-corrected chi connectivity index (χ2v) is 15.6. The van der Waals surface area contributed by atoms with Gasteiger partial charge in [-0.3, -0.25) is 14.5 Å². The number of nitrogens with zero attached hydrogens (tertiary/aromatic N) is 2. The number of hydrogen-bond acceptors (Lipinski definition) is 6. The summed E-state index contributed by atoms with van der Waals surface area (Å²) in [6, 6.07) is 16.8. The summed E-state index contributed by atoms with van der Waals surface area (Å²) in [6.07, 6.45) is 2.83. The van der Waals surface area contributed by atoms with Crippen molar-refractivity contribution in [1.29, 1.82) is 0 Å². The van der Waals surface area contributed by atoms with E-state index in [2.05, 4.69) is 95.1 Å². The van der Waals surface area contributed by atoms with Crippen molar-refractivity contribution in [3.05, 3.63) is 98.1 Å². The number of nitrogen functional groups attached to an aromatic ring is 1. The van der Waals surface area contributed by atoms with E-state index in [9.17, 15) is 9.59 Å². The molecule has 1 atom stereocenters. The van der Waals surface area contributed by atoms with Gasteiger partial charge in [-0.25, -0.2) is 0 Å². The van der Waals surface area contributed by atoms with Crippen molar-refractivity contribution in [3.8, 4) is 0 Å². The molecule has 0 bridgehead atoms. The number of likely N-dealkylation sites (N-methyl/N-ethyl adjacent to an activating group) is 1. The first-order valence-electron chi connectivity index (χ1n) is 16.1. The number of carbonyl (C=O) groups excluding carboxylic acids is 2. The number of nitrogens with one attached hydrogen (secondary N) is 1. The highest BCUT2D eigenvalue weighted by molar-refractivity contribution is 7.12. The maximum atomic E-state index is 14.4. The predicted molar refractivity (Wildman–Crippen MR) is 188 cm³/mol. The summed E-state index contributed by atoms with van der Waals surface area (Å²) in [5, 5.41) is 3.38. The quantitative estimate of drug-likeness (QED) is 0.221. The molecule has 1 aromatic heterocycles. The maximum absolute atomic E-state index is 14.4.